The van der Waals surface area contributed by atoms with Crippen molar-refractivity contribution in [2.75, 3.05) is 0 Å². The fourth-order valence-corrected chi connectivity index (χ4v) is 28.6. The summed E-state index contributed by atoms with van der Waals surface area (Å²) in [6.07, 6.45) is 13.0. The zero-order chi connectivity index (χ0) is 36.4. The molecule has 0 aromatic heterocycles. The van der Waals surface area contributed by atoms with Crippen molar-refractivity contribution < 1.29 is 45.1 Å². The Bertz CT molecular complexity index is 2320. The van der Waals surface area contributed by atoms with Crippen molar-refractivity contribution in [3.05, 3.63) is 153 Å². The number of aryl methyl sites for hydroxylation is 2. The Kier molecular flexibility index (Phi) is 11.6. The van der Waals surface area contributed by atoms with Gasteiger partial charge in [0.15, 0.2) is 0 Å². The molecular formula is C52H54Cl2Zr. The minimum absolute atomic E-state index is 0. The van der Waals surface area contributed by atoms with E-state index in [1.165, 1.54) is 102 Å². The maximum absolute atomic E-state index is 3.00. The first-order valence-corrected chi connectivity index (χ1v) is 26.8. The van der Waals surface area contributed by atoms with Gasteiger partial charge in [0.25, 0.3) is 0 Å². The molecule has 0 saturated carbocycles. The van der Waals surface area contributed by atoms with Crippen molar-refractivity contribution in [2.24, 2.45) is 0 Å². The van der Waals surface area contributed by atoms with Crippen LogP contribution in [0, 0.1) is 27.7 Å². The fraction of sp³-hybridized carbons (Fsp3) is 0.308. The van der Waals surface area contributed by atoms with E-state index in [0.717, 1.165) is 0 Å². The summed E-state index contributed by atoms with van der Waals surface area (Å²) in [5, 5.41) is 5.42. The summed E-state index contributed by atoms with van der Waals surface area (Å²) < 4.78 is 4.32. The maximum Gasteiger partial charge on any atom is -1.00 e. The van der Waals surface area contributed by atoms with Crippen molar-refractivity contribution in [1.82, 2.24) is 0 Å². The molecule has 6 aromatic rings. The number of hydrogen-bond donors (Lipinski definition) is 0. The number of halogens is 2. The molecule has 0 radical (unpaired) electrons. The van der Waals surface area contributed by atoms with E-state index in [0.29, 0.717) is 7.25 Å². The van der Waals surface area contributed by atoms with E-state index >= 15 is 0 Å². The normalized spacial score (nSPS) is 17.1. The zero-order valence-electron chi connectivity index (χ0n) is 33.5. The number of fused-ring (bicyclic) bond motifs is 4. The van der Waals surface area contributed by atoms with Crippen LogP contribution in [0.15, 0.2) is 108 Å². The third kappa shape index (κ3) is 6.55. The fourth-order valence-electron chi connectivity index (χ4n) is 10.7. The number of unbranched alkanes of at least 4 members (excludes halogenated alkanes) is 2. The molecule has 1 aliphatic heterocycles. The van der Waals surface area contributed by atoms with Crippen LogP contribution >= 0.6 is 0 Å². The molecule has 1 saturated heterocycles. The zero-order valence-corrected chi connectivity index (χ0v) is 37.4. The van der Waals surface area contributed by atoms with Gasteiger partial charge < -0.3 is 24.8 Å². The minimum atomic E-state index is -3.00. The van der Waals surface area contributed by atoms with Crippen molar-refractivity contribution >= 4 is 33.7 Å². The van der Waals surface area contributed by atoms with Gasteiger partial charge in [0.2, 0.25) is 0 Å². The van der Waals surface area contributed by atoms with Crippen molar-refractivity contribution in [3.63, 3.8) is 0 Å². The average Bonchev–Trinajstić information content (AvgIpc) is 3.72. The molecule has 1 fully saturated rings. The summed E-state index contributed by atoms with van der Waals surface area (Å²) >= 11 is -3.00. The predicted molar refractivity (Wildman–Crippen MR) is 228 cm³/mol. The van der Waals surface area contributed by atoms with Gasteiger partial charge in [-0.3, -0.25) is 0 Å². The molecule has 2 atom stereocenters. The Balaban J connectivity index is 0.00000233. The molecule has 2 unspecified atom stereocenters. The Labute approximate surface area is 346 Å². The third-order valence-corrected chi connectivity index (χ3v) is 26.6. The van der Waals surface area contributed by atoms with Crippen LogP contribution in [0.1, 0.15) is 104 Å². The third-order valence-electron chi connectivity index (χ3n) is 13.6. The summed E-state index contributed by atoms with van der Waals surface area (Å²) in [4.78, 5) is 0. The van der Waals surface area contributed by atoms with Crippen LogP contribution in [0.2, 0.25) is 8.26 Å². The molecule has 3 heteroatoms. The predicted octanol–water partition coefficient (Wildman–Crippen LogP) is 9.53. The summed E-state index contributed by atoms with van der Waals surface area (Å²) in [5.74, 6) is 0. The second-order valence-corrected chi connectivity index (χ2v) is 28.0. The second-order valence-electron chi connectivity index (χ2n) is 16.7. The molecule has 3 aliphatic rings. The first-order valence-electron chi connectivity index (χ1n) is 20.5. The van der Waals surface area contributed by atoms with Gasteiger partial charge in [-0.1, -0.05) is 0 Å². The van der Waals surface area contributed by atoms with Crippen molar-refractivity contribution in [1.29, 1.82) is 0 Å². The van der Waals surface area contributed by atoms with Crippen LogP contribution in [0.25, 0.3) is 56.0 Å². The topological polar surface area (TPSA) is 0 Å². The summed E-state index contributed by atoms with van der Waals surface area (Å²) in [7, 11) is 0. The van der Waals surface area contributed by atoms with Gasteiger partial charge in [0, 0.05) is 0 Å². The first kappa shape index (κ1) is 40.0. The number of rotatable bonds is 10. The van der Waals surface area contributed by atoms with Crippen LogP contribution in [-0.2, 0) is 20.3 Å². The Morgan fingerprint density at radius 2 is 0.909 bits per heavy atom. The van der Waals surface area contributed by atoms with E-state index in [1.807, 2.05) is 0 Å². The van der Waals surface area contributed by atoms with Crippen LogP contribution in [0.5, 0.6) is 0 Å². The largest absolute Gasteiger partial charge is 1.00 e. The van der Waals surface area contributed by atoms with E-state index in [9.17, 15) is 0 Å². The molecule has 0 amide bonds. The molecule has 0 nitrogen and oxygen atoms in total. The number of allylic oxidation sites excluding steroid dienone is 2. The van der Waals surface area contributed by atoms with Gasteiger partial charge in [-0.25, -0.2) is 0 Å². The van der Waals surface area contributed by atoms with Gasteiger partial charge in [-0.2, -0.15) is 0 Å². The molecule has 1 heterocycles. The quantitative estimate of drug-likeness (QED) is 0.129. The molecule has 280 valence electrons. The molecule has 6 aromatic carbocycles. The van der Waals surface area contributed by atoms with E-state index in [1.54, 1.807) is 44.5 Å². The second kappa shape index (κ2) is 16.0. The average molecular weight is 841 g/mol. The first-order chi connectivity index (χ1) is 25.9. The maximum atomic E-state index is 2.74. The molecule has 2 aliphatic carbocycles. The summed E-state index contributed by atoms with van der Waals surface area (Å²) in [5.41, 5.74) is 21.9. The molecule has 9 rings (SSSR count). The van der Waals surface area contributed by atoms with Crippen LogP contribution in [0.3, 0.4) is 0 Å². The number of benzene rings is 6. The Morgan fingerprint density at radius 1 is 0.509 bits per heavy atom. The van der Waals surface area contributed by atoms with Gasteiger partial charge in [-0.05, 0) is 0 Å². The van der Waals surface area contributed by atoms with Crippen LogP contribution in [-0.4, -0.2) is 0 Å². The molecule has 55 heavy (non-hydrogen) atoms. The molecule has 0 spiro atoms. The van der Waals surface area contributed by atoms with E-state index in [2.05, 4.69) is 151 Å². The standard InChI is InChI=1S/2C25H25.C2H4.2ClH.Zr/c2*1-4-5-9-19-15-23-18(3)17(2)14-24(25(23)16-19)22-13-8-11-20-10-6-7-12-21(20)22;1-2;;;/h2*6-8,10-16H,4-5,9H2,1-3H3;1-2H2;2*1H;/q;;;;;+2/p-2. The van der Waals surface area contributed by atoms with E-state index in [-0.39, 0.29) is 24.8 Å². The van der Waals surface area contributed by atoms with E-state index < -0.39 is 20.3 Å². The van der Waals surface area contributed by atoms with Crippen molar-refractivity contribution in [3.8, 4) is 22.3 Å². The van der Waals surface area contributed by atoms with Gasteiger partial charge in [-0.15, -0.1) is 0 Å². The monoisotopic (exact) mass is 838 g/mol. The molecule has 0 N–H and O–H groups in total. The summed E-state index contributed by atoms with van der Waals surface area (Å²) in [6, 6.07) is 36.9. The number of hydrogen-bond acceptors (Lipinski definition) is 0. The van der Waals surface area contributed by atoms with Gasteiger partial charge >= 0.3 is 325 Å². The Hall–Kier alpha value is -3.22. The SMILES string of the molecule is CCCCC1=Cc2c(-c3cccc4ccccc34)cc(C)c(C)c2[CH]1[Zr+2]1([CH]2C(CCCC)=Cc3c(-c4cccc5ccccc45)cc(C)c(C)c32)[CH2][CH2]1.[Cl-].[Cl-]. The Morgan fingerprint density at radius 3 is 1.31 bits per heavy atom. The van der Waals surface area contributed by atoms with Crippen LogP contribution in [0.4, 0.5) is 0 Å². The molecule has 0 bridgehead atoms. The van der Waals surface area contributed by atoms with Gasteiger partial charge in [0.1, 0.15) is 0 Å². The van der Waals surface area contributed by atoms with E-state index in [4.69, 9.17) is 0 Å². The van der Waals surface area contributed by atoms with Crippen LogP contribution < -0.4 is 24.8 Å². The molecular weight excluding hydrogens is 787 g/mol. The summed E-state index contributed by atoms with van der Waals surface area (Å²) in [6.45, 7) is 14.5. The van der Waals surface area contributed by atoms with Gasteiger partial charge in [0.05, 0.1) is 0 Å². The smallest absolute Gasteiger partial charge is 1.00 e. The van der Waals surface area contributed by atoms with Crippen molar-refractivity contribution in [2.45, 2.75) is 95.6 Å². The minimum Gasteiger partial charge on any atom is -1.00 e.